The molecule has 1 aliphatic heterocycles. The monoisotopic (exact) mass is 485 g/mol. The standard InChI is InChI=1S/C28H27N3O5/c1-4-13-35-20-10-5-9-19(15-20)24-22(26(33)28(34)31(24)16-21-11-7-14-36-21)25(32)23-18(3)30-12-6-8-17(2)27(30)29-23/h5-12,14-15,24,32H,4,13,16H2,1-3H3. The molecule has 8 nitrogen and oxygen atoms in total. The van der Waals surface area contributed by atoms with Gasteiger partial charge in [0, 0.05) is 6.20 Å². The highest BCUT2D eigenvalue weighted by Gasteiger charge is 2.47. The molecule has 1 aliphatic rings. The molecule has 1 saturated heterocycles. The number of aromatic nitrogens is 2. The molecule has 0 saturated carbocycles. The summed E-state index contributed by atoms with van der Waals surface area (Å²) in [6, 6.07) is 13.7. The number of hydrogen-bond acceptors (Lipinski definition) is 6. The Morgan fingerprint density at radius 3 is 2.69 bits per heavy atom. The smallest absolute Gasteiger partial charge is 0.296 e. The zero-order chi connectivity index (χ0) is 25.4. The van der Waals surface area contributed by atoms with Crippen LogP contribution in [0, 0.1) is 13.8 Å². The highest BCUT2D eigenvalue weighted by atomic mass is 16.5. The molecular formula is C28H27N3O5. The lowest BCUT2D eigenvalue weighted by Gasteiger charge is -2.24. The summed E-state index contributed by atoms with van der Waals surface area (Å²) in [7, 11) is 0. The van der Waals surface area contributed by atoms with Crippen LogP contribution in [0.5, 0.6) is 5.75 Å². The largest absolute Gasteiger partial charge is 0.505 e. The van der Waals surface area contributed by atoms with E-state index in [-0.39, 0.29) is 23.6 Å². The first-order chi connectivity index (χ1) is 17.4. The molecule has 0 aliphatic carbocycles. The minimum Gasteiger partial charge on any atom is -0.505 e. The van der Waals surface area contributed by atoms with E-state index in [1.165, 1.54) is 11.2 Å². The van der Waals surface area contributed by atoms with Crippen molar-refractivity contribution in [1.29, 1.82) is 0 Å². The van der Waals surface area contributed by atoms with Gasteiger partial charge < -0.3 is 23.6 Å². The normalized spacial score (nSPS) is 17.3. The van der Waals surface area contributed by atoms with Gasteiger partial charge in [-0.15, -0.1) is 0 Å². The molecule has 0 bridgehead atoms. The molecule has 1 N–H and O–H groups in total. The van der Waals surface area contributed by atoms with E-state index in [0.717, 1.165) is 12.0 Å². The molecule has 4 heterocycles. The molecule has 1 aromatic carbocycles. The Morgan fingerprint density at radius 1 is 1.14 bits per heavy atom. The number of likely N-dealkylation sites (tertiary alicyclic amines) is 1. The van der Waals surface area contributed by atoms with Crippen LogP contribution in [0.3, 0.4) is 0 Å². The Bertz CT molecular complexity index is 1480. The Kier molecular flexibility index (Phi) is 6.10. The number of aryl methyl sites for hydroxylation is 2. The van der Waals surface area contributed by atoms with Gasteiger partial charge in [-0.3, -0.25) is 9.59 Å². The van der Waals surface area contributed by atoms with Crippen LogP contribution in [0.4, 0.5) is 0 Å². The number of fused-ring (bicyclic) bond motifs is 1. The highest BCUT2D eigenvalue weighted by Crippen LogP contribution is 2.41. The van der Waals surface area contributed by atoms with Crippen LogP contribution >= 0.6 is 0 Å². The first-order valence-electron chi connectivity index (χ1n) is 11.9. The number of benzene rings is 1. The van der Waals surface area contributed by atoms with Crippen LogP contribution in [-0.4, -0.2) is 37.7 Å². The number of ether oxygens (including phenoxy) is 1. The number of pyridine rings is 1. The van der Waals surface area contributed by atoms with Crippen molar-refractivity contribution in [2.24, 2.45) is 0 Å². The number of hydrogen-bond donors (Lipinski definition) is 1. The van der Waals surface area contributed by atoms with Gasteiger partial charge in [-0.1, -0.05) is 25.1 Å². The van der Waals surface area contributed by atoms with Crippen LogP contribution in [0.15, 0.2) is 71.0 Å². The van der Waals surface area contributed by atoms with E-state index in [4.69, 9.17) is 9.15 Å². The summed E-state index contributed by atoms with van der Waals surface area (Å²) >= 11 is 0. The van der Waals surface area contributed by atoms with Crippen molar-refractivity contribution in [3.8, 4) is 5.75 Å². The van der Waals surface area contributed by atoms with Crippen LogP contribution in [0.2, 0.25) is 0 Å². The van der Waals surface area contributed by atoms with Crippen molar-refractivity contribution in [3.63, 3.8) is 0 Å². The minimum absolute atomic E-state index is 0.0108. The topological polar surface area (TPSA) is 97.3 Å². The summed E-state index contributed by atoms with van der Waals surface area (Å²) in [6.07, 6.45) is 4.21. The average Bonchev–Trinajstić information content (AvgIpc) is 3.58. The zero-order valence-corrected chi connectivity index (χ0v) is 20.4. The Morgan fingerprint density at radius 2 is 1.97 bits per heavy atom. The molecule has 1 atom stereocenters. The molecule has 0 spiro atoms. The number of imidazole rings is 1. The van der Waals surface area contributed by atoms with E-state index in [1.807, 2.05) is 61.7 Å². The van der Waals surface area contributed by atoms with Gasteiger partial charge in [0.25, 0.3) is 11.7 Å². The fourth-order valence-electron chi connectivity index (χ4n) is 4.63. The first kappa shape index (κ1) is 23.4. The van der Waals surface area contributed by atoms with Crippen molar-refractivity contribution in [1.82, 2.24) is 14.3 Å². The fourth-order valence-corrected chi connectivity index (χ4v) is 4.63. The van der Waals surface area contributed by atoms with Gasteiger partial charge in [-0.2, -0.15) is 0 Å². The third-order valence-electron chi connectivity index (χ3n) is 6.40. The number of nitrogens with zero attached hydrogens (tertiary/aromatic N) is 3. The maximum absolute atomic E-state index is 13.4. The average molecular weight is 486 g/mol. The van der Waals surface area contributed by atoms with Gasteiger partial charge >= 0.3 is 0 Å². The molecule has 4 aromatic rings. The van der Waals surface area contributed by atoms with Gasteiger partial charge in [0.05, 0.1) is 36.7 Å². The minimum atomic E-state index is -0.842. The summed E-state index contributed by atoms with van der Waals surface area (Å²) < 4.78 is 13.1. The predicted octanol–water partition coefficient (Wildman–Crippen LogP) is 4.95. The second-order valence-corrected chi connectivity index (χ2v) is 8.86. The Hall–Kier alpha value is -4.33. The van der Waals surface area contributed by atoms with Crippen molar-refractivity contribution >= 4 is 23.1 Å². The van der Waals surface area contributed by atoms with Crippen LogP contribution in [-0.2, 0) is 16.1 Å². The van der Waals surface area contributed by atoms with E-state index >= 15 is 0 Å². The lowest BCUT2D eigenvalue weighted by Crippen LogP contribution is -2.29. The molecule has 1 amide bonds. The van der Waals surface area contributed by atoms with Gasteiger partial charge in [-0.05, 0) is 61.7 Å². The number of carbonyl (C=O) groups is 2. The zero-order valence-electron chi connectivity index (χ0n) is 20.4. The van der Waals surface area contributed by atoms with E-state index in [0.29, 0.717) is 35.0 Å². The third-order valence-corrected chi connectivity index (χ3v) is 6.40. The first-order valence-corrected chi connectivity index (χ1v) is 11.9. The van der Waals surface area contributed by atoms with Crippen molar-refractivity contribution in [2.45, 2.75) is 39.8 Å². The number of rotatable bonds is 7. The second-order valence-electron chi connectivity index (χ2n) is 8.86. The van der Waals surface area contributed by atoms with E-state index in [1.54, 1.807) is 18.2 Å². The molecule has 8 heteroatoms. The van der Waals surface area contributed by atoms with E-state index in [9.17, 15) is 14.7 Å². The van der Waals surface area contributed by atoms with E-state index in [2.05, 4.69) is 4.98 Å². The molecule has 184 valence electrons. The lowest BCUT2D eigenvalue weighted by atomic mass is 9.96. The van der Waals surface area contributed by atoms with Gasteiger partial charge in [0.15, 0.2) is 5.76 Å². The van der Waals surface area contributed by atoms with Crippen LogP contribution in [0.1, 0.15) is 47.7 Å². The number of amides is 1. The summed E-state index contributed by atoms with van der Waals surface area (Å²) in [6.45, 7) is 6.37. The summed E-state index contributed by atoms with van der Waals surface area (Å²) in [4.78, 5) is 32.7. The fraction of sp³-hybridized carbons (Fsp3) is 0.250. The lowest BCUT2D eigenvalue weighted by molar-refractivity contribution is -0.140. The third kappa shape index (κ3) is 3.94. The number of furan rings is 1. The number of aliphatic hydroxyl groups is 1. The molecule has 1 unspecified atom stereocenters. The maximum atomic E-state index is 13.4. The Labute approximate surface area is 208 Å². The molecule has 3 aromatic heterocycles. The second kappa shape index (κ2) is 9.37. The summed E-state index contributed by atoms with van der Waals surface area (Å²) in [5.41, 5.74) is 3.17. The number of ketones is 1. The summed E-state index contributed by atoms with van der Waals surface area (Å²) in [5, 5.41) is 11.5. The highest BCUT2D eigenvalue weighted by molar-refractivity contribution is 6.46. The number of Topliss-reactive ketones (excluding diaryl/α,β-unsaturated/α-hetero) is 1. The van der Waals surface area contributed by atoms with Gasteiger partial charge in [0.1, 0.15) is 22.9 Å². The molecule has 5 rings (SSSR count). The maximum Gasteiger partial charge on any atom is 0.296 e. The molecule has 1 fully saturated rings. The SMILES string of the molecule is CCCOc1cccc(C2C(=C(O)c3nc4c(C)cccn4c3C)C(=O)C(=O)N2Cc2ccco2)c1. The molecular weight excluding hydrogens is 458 g/mol. The molecule has 36 heavy (non-hydrogen) atoms. The van der Waals surface area contributed by atoms with Gasteiger partial charge in [-0.25, -0.2) is 4.98 Å². The predicted molar refractivity (Wildman–Crippen MR) is 133 cm³/mol. The van der Waals surface area contributed by atoms with Crippen LogP contribution < -0.4 is 4.74 Å². The number of aliphatic hydroxyl groups excluding tert-OH is 1. The van der Waals surface area contributed by atoms with Crippen molar-refractivity contribution < 1.29 is 23.8 Å². The van der Waals surface area contributed by atoms with Gasteiger partial charge in [0.2, 0.25) is 0 Å². The van der Waals surface area contributed by atoms with E-state index < -0.39 is 17.7 Å². The van der Waals surface area contributed by atoms with Crippen LogP contribution in [0.25, 0.3) is 11.4 Å². The Balaban J connectivity index is 1.69. The molecule has 0 radical (unpaired) electrons. The van der Waals surface area contributed by atoms with Crippen molar-refractivity contribution in [2.75, 3.05) is 6.61 Å². The van der Waals surface area contributed by atoms with Crippen molar-refractivity contribution in [3.05, 3.63) is 94.8 Å². The quantitative estimate of drug-likeness (QED) is 0.226. The number of carbonyl (C=O) groups excluding carboxylic acids is 2. The summed E-state index contributed by atoms with van der Waals surface area (Å²) in [5.74, 6) is -0.634.